The molecule has 2 unspecified atom stereocenters. The van der Waals surface area contributed by atoms with Gasteiger partial charge in [0.25, 0.3) is 0 Å². The van der Waals surface area contributed by atoms with Crippen LogP contribution in [0.3, 0.4) is 0 Å². The molecule has 0 spiro atoms. The Morgan fingerprint density at radius 3 is 2.75 bits per heavy atom. The normalized spacial score (nSPS) is 19.6. The van der Waals surface area contributed by atoms with Gasteiger partial charge in [-0.2, -0.15) is 0 Å². The van der Waals surface area contributed by atoms with E-state index in [1.807, 2.05) is 11.3 Å². The van der Waals surface area contributed by atoms with Gasteiger partial charge in [-0.1, -0.05) is 24.3 Å². The summed E-state index contributed by atoms with van der Waals surface area (Å²) in [6, 6.07) is 14.6. The number of thiophene rings is 1. The molecule has 0 aliphatic heterocycles. The van der Waals surface area contributed by atoms with E-state index < -0.39 is 0 Å². The largest absolute Gasteiger partial charge is 0.311 e. The van der Waals surface area contributed by atoms with Crippen molar-refractivity contribution >= 4 is 11.3 Å². The summed E-state index contributed by atoms with van der Waals surface area (Å²) in [5.74, 6) is 0. The molecule has 1 aliphatic rings. The maximum atomic E-state index is 3.82. The molecule has 1 N–H and O–H groups in total. The summed E-state index contributed by atoms with van der Waals surface area (Å²) < 4.78 is 0. The first-order valence-electron chi connectivity index (χ1n) is 7.59. The minimum Gasteiger partial charge on any atom is -0.311 e. The third kappa shape index (κ3) is 3.31. The maximum Gasteiger partial charge on any atom is 0.0113 e. The molecule has 1 nitrogen and oxygen atoms in total. The van der Waals surface area contributed by atoms with E-state index in [0.29, 0.717) is 12.1 Å². The number of hydrogen-bond donors (Lipinski definition) is 1. The van der Waals surface area contributed by atoms with Crippen molar-refractivity contribution in [3.63, 3.8) is 0 Å². The maximum absolute atomic E-state index is 3.82. The quantitative estimate of drug-likeness (QED) is 0.890. The van der Waals surface area contributed by atoms with Crippen LogP contribution >= 0.6 is 11.3 Å². The van der Waals surface area contributed by atoms with E-state index >= 15 is 0 Å². The molecule has 106 valence electrons. The second kappa shape index (κ2) is 6.11. The van der Waals surface area contributed by atoms with Crippen molar-refractivity contribution in [3.8, 4) is 0 Å². The molecule has 1 aliphatic carbocycles. The third-order valence-electron chi connectivity index (χ3n) is 4.17. The second-order valence-electron chi connectivity index (χ2n) is 5.99. The average molecular weight is 285 g/mol. The van der Waals surface area contributed by atoms with Crippen molar-refractivity contribution in [1.29, 1.82) is 0 Å². The van der Waals surface area contributed by atoms with Crippen LogP contribution in [0.1, 0.15) is 34.2 Å². The molecule has 1 heterocycles. The lowest BCUT2D eigenvalue weighted by Crippen LogP contribution is -2.41. The van der Waals surface area contributed by atoms with Crippen LogP contribution in [0, 0.1) is 6.92 Å². The average Bonchev–Trinajstić information content (AvgIpc) is 2.83. The van der Waals surface area contributed by atoms with Crippen molar-refractivity contribution in [2.75, 3.05) is 0 Å². The van der Waals surface area contributed by atoms with E-state index in [2.05, 4.69) is 55.6 Å². The number of fused-ring (bicyclic) bond motifs is 1. The zero-order valence-electron chi connectivity index (χ0n) is 12.4. The first kappa shape index (κ1) is 13.8. The van der Waals surface area contributed by atoms with Crippen molar-refractivity contribution in [2.45, 2.75) is 51.6 Å². The fourth-order valence-corrected chi connectivity index (χ4v) is 4.22. The standard InChI is InChI=1S/C18H23NS/c1-13(11-18-10-7-14(2)20-18)19-17-9-8-15-5-3-4-6-16(15)12-17/h3-7,10,13,17,19H,8-9,11-12H2,1-2H3. The van der Waals surface area contributed by atoms with E-state index in [-0.39, 0.29) is 0 Å². The van der Waals surface area contributed by atoms with Crippen molar-refractivity contribution in [3.05, 3.63) is 57.3 Å². The summed E-state index contributed by atoms with van der Waals surface area (Å²) in [6.45, 7) is 4.50. The topological polar surface area (TPSA) is 12.0 Å². The molecular formula is C18H23NS. The minimum atomic E-state index is 0.559. The molecule has 0 amide bonds. The molecular weight excluding hydrogens is 262 g/mol. The molecule has 2 heteroatoms. The fourth-order valence-electron chi connectivity index (χ4n) is 3.20. The Morgan fingerprint density at radius 1 is 1.20 bits per heavy atom. The highest BCUT2D eigenvalue weighted by atomic mass is 32.1. The van der Waals surface area contributed by atoms with Gasteiger partial charge in [0.05, 0.1) is 0 Å². The monoisotopic (exact) mass is 285 g/mol. The Labute approximate surface area is 126 Å². The first-order valence-corrected chi connectivity index (χ1v) is 8.40. The highest BCUT2D eigenvalue weighted by Crippen LogP contribution is 2.22. The predicted molar refractivity (Wildman–Crippen MR) is 87.6 cm³/mol. The van der Waals surface area contributed by atoms with Gasteiger partial charge in [0.15, 0.2) is 0 Å². The van der Waals surface area contributed by atoms with Crippen LogP contribution in [0.25, 0.3) is 0 Å². The number of nitrogens with one attached hydrogen (secondary N) is 1. The van der Waals surface area contributed by atoms with Crippen LogP contribution in [0.15, 0.2) is 36.4 Å². The lowest BCUT2D eigenvalue weighted by molar-refractivity contribution is 0.406. The predicted octanol–water partition coefficient (Wildman–Crippen LogP) is 4.13. The molecule has 2 aromatic rings. The third-order valence-corrected chi connectivity index (χ3v) is 5.19. The van der Waals surface area contributed by atoms with Crippen LogP contribution in [0.2, 0.25) is 0 Å². The molecule has 0 saturated heterocycles. The van der Waals surface area contributed by atoms with Gasteiger partial charge in [0.2, 0.25) is 0 Å². The number of rotatable bonds is 4. The smallest absolute Gasteiger partial charge is 0.0113 e. The van der Waals surface area contributed by atoms with Crippen molar-refractivity contribution < 1.29 is 0 Å². The highest BCUT2D eigenvalue weighted by Gasteiger charge is 2.19. The molecule has 0 saturated carbocycles. The molecule has 1 aromatic carbocycles. The lowest BCUT2D eigenvalue weighted by atomic mass is 9.88. The van der Waals surface area contributed by atoms with E-state index in [4.69, 9.17) is 0 Å². The summed E-state index contributed by atoms with van der Waals surface area (Å²) >= 11 is 1.93. The van der Waals surface area contributed by atoms with Crippen LogP contribution in [0.5, 0.6) is 0 Å². The zero-order valence-corrected chi connectivity index (χ0v) is 13.2. The Morgan fingerprint density at radius 2 is 2.00 bits per heavy atom. The van der Waals surface area contributed by atoms with Crippen LogP contribution in [0.4, 0.5) is 0 Å². The fraction of sp³-hybridized carbons (Fsp3) is 0.444. The van der Waals surface area contributed by atoms with Gasteiger partial charge in [-0.05, 0) is 62.8 Å². The van der Waals surface area contributed by atoms with Crippen molar-refractivity contribution in [2.24, 2.45) is 0 Å². The van der Waals surface area contributed by atoms with Gasteiger partial charge in [-0.3, -0.25) is 0 Å². The van der Waals surface area contributed by atoms with Crippen LogP contribution in [-0.4, -0.2) is 12.1 Å². The molecule has 0 radical (unpaired) electrons. The van der Waals surface area contributed by atoms with Gasteiger partial charge < -0.3 is 5.32 Å². The van der Waals surface area contributed by atoms with Gasteiger partial charge in [0.1, 0.15) is 0 Å². The molecule has 1 aromatic heterocycles. The highest BCUT2D eigenvalue weighted by molar-refractivity contribution is 7.11. The van der Waals surface area contributed by atoms with Crippen molar-refractivity contribution in [1.82, 2.24) is 5.32 Å². The number of benzene rings is 1. The van der Waals surface area contributed by atoms with Gasteiger partial charge in [0, 0.05) is 21.8 Å². The molecule has 0 fully saturated rings. The van der Waals surface area contributed by atoms with E-state index in [9.17, 15) is 0 Å². The molecule has 20 heavy (non-hydrogen) atoms. The lowest BCUT2D eigenvalue weighted by Gasteiger charge is -2.28. The molecule has 0 bridgehead atoms. The van der Waals surface area contributed by atoms with Gasteiger partial charge in [-0.25, -0.2) is 0 Å². The van der Waals surface area contributed by atoms with Crippen LogP contribution < -0.4 is 5.32 Å². The summed E-state index contributed by atoms with van der Waals surface area (Å²) in [6.07, 6.45) is 4.82. The Hall–Kier alpha value is -1.12. The second-order valence-corrected chi connectivity index (χ2v) is 7.37. The SMILES string of the molecule is Cc1ccc(CC(C)NC2CCc3ccccc3C2)s1. The van der Waals surface area contributed by atoms with E-state index in [1.165, 1.54) is 34.6 Å². The van der Waals surface area contributed by atoms with Gasteiger partial charge >= 0.3 is 0 Å². The Kier molecular flexibility index (Phi) is 4.23. The summed E-state index contributed by atoms with van der Waals surface area (Å²) in [4.78, 5) is 2.91. The first-order chi connectivity index (χ1) is 9.70. The number of hydrogen-bond acceptors (Lipinski definition) is 2. The zero-order chi connectivity index (χ0) is 13.9. The summed E-state index contributed by atoms with van der Waals surface area (Å²) in [7, 11) is 0. The summed E-state index contributed by atoms with van der Waals surface area (Å²) in [5, 5.41) is 3.82. The number of aryl methyl sites for hydroxylation is 2. The Balaban J connectivity index is 1.56. The molecule has 3 rings (SSSR count). The van der Waals surface area contributed by atoms with E-state index in [1.54, 1.807) is 5.56 Å². The minimum absolute atomic E-state index is 0.559. The summed E-state index contributed by atoms with van der Waals surface area (Å²) in [5.41, 5.74) is 3.09. The Bertz CT molecular complexity index is 572. The van der Waals surface area contributed by atoms with Gasteiger partial charge in [-0.15, -0.1) is 11.3 Å². The van der Waals surface area contributed by atoms with E-state index in [0.717, 1.165) is 6.42 Å². The van der Waals surface area contributed by atoms with Crippen LogP contribution in [-0.2, 0) is 19.3 Å². The molecule has 2 atom stereocenters.